The fourth-order valence-corrected chi connectivity index (χ4v) is 1.69. The maximum Gasteiger partial charge on any atom is 0.125 e. The summed E-state index contributed by atoms with van der Waals surface area (Å²) in [7, 11) is 1.68. The van der Waals surface area contributed by atoms with Crippen molar-refractivity contribution < 1.29 is 9.47 Å². The van der Waals surface area contributed by atoms with E-state index in [-0.39, 0.29) is 0 Å². The molecule has 3 heteroatoms. The highest BCUT2D eigenvalue weighted by Crippen LogP contribution is 2.23. The first kappa shape index (κ1) is 12.2. The Kier molecular flexibility index (Phi) is 5.40. The highest BCUT2D eigenvalue weighted by Gasteiger charge is 2.00. The van der Waals surface area contributed by atoms with Gasteiger partial charge in [0, 0.05) is 6.07 Å². The molecule has 0 aliphatic heterocycles. The molecule has 0 fully saturated rings. The highest BCUT2D eigenvalue weighted by molar-refractivity contribution is 7.98. The quantitative estimate of drug-likeness (QED) is 0.694. The summed E-state index contributed by atoms with van der Waals surface area (Å²) in [6.07, 6.45) is 3.19. The smallest absolute Gasteiger partial charge is 0.125 e. The van der Waals surface area contributed by atoms with Crippen LogP contribution in [-0.4, -0.2) is 25.7 Å². The summed E-state index contributed by atoms with van der Waals surface area (Å²) in [6.45, 7) is 2.80. The van der Waals surface area contributed by atoms with Gasteiger partial charge in [0.05, 0.1) is 13.7 Å². The van der Waals surface area contributed by atoms with Gasteiger partial charge in [0.1, 0.15) is 11.5 Å². The van der Waals surface area contributed by atoms with E-state index >= 15 is 0 Å². The Bertz CT molecular complexity index is 300. The Morgan fingerprint density at radius 2 is 2.13 bits per heavy atom. The Balaban J connectivity index is 2.47. The molecule has 1 rings (SSSR count). The largest absolute Gasteiger partial charge is 0.496 e. The van der Waals surface area contributed by atoms with Gasteiger partial charge in [-0.2, -0.15) is 11.8 Å². The molecule has 0 saturated carbocycles. The lowest BCUT2D eigenvalue weighted by Gasteiger charge is -2.09. The van der Waals surface area contributed by atoms with Gasteiger partial charge in [0.2, 0.25) is 0 Å². The fourth-order valence-electron chi connectivity index (χ4n) is 1.28. The predicted molar refractivity (Wildman–Crippen MR) is 66.2 cm³/mol. The van der Waals surface area contributed by atoms with Gasteiger partial charge < -0.3 is 9.47 Å². The summed E-state index contributed by atoms with van der Waals surface area (Å²) in [5.74, 6) is 2.92. The van der Waals surface area contributed by atoms with Gasteiger partial charge >= 0.3 is 0 Å². The number of thioether (sulfide) groups is 1. The zero-order chi connectivity index (χ0) is 11.1. The van der Waals surface area contributed by atoms with Crippen LogP contribution in [0.5, 0.6) is 11.5 Å². The molecule has 1 aromatic rings. The van der Waals surface area contributed by atoms with Gasteiger partial charge in [-0.15, -0.1) is 0 Å². The number of hydrogen-bond acceptors (Lipinski definition) is 3. The van der Waals surface area contributed by atoms with Crippen molar-refractivity contribution in [1.29, 1.82) is 0 Å². The van der Waals surface area contributed by atoms with Crippen molar-refractivity contribution in [2.45, 2.75) is 13.3 Å². The molecule has 0 atom stereocenters. The molecule has 0 aromatic heterocycles. The molecule has 0 N–H and O–H groups in total. The Labute approximate surface area is 96.0 Å². The van der Waals surface area contributed by atoms with Crippen LogP contribution in [0.2, 0.25) is 0 Å². The maximum absolute atomic E-state index is 5.61. The van der Waals surface area contributed by atoms with Gasteiger partial charge in [-0.05, 0) is 37.0 Å². The second-order valence-corrected chi connectivity index (χ2v) is 4.31. The first-order valence-electron chi connectivity index (χ1n) is 5.04. The summed E-state index contributed by atoms with van der Waals surface area (Å²) in [4.78, 5) is 0. The first-order valence-corrected chi connectivity index (χ1v) is 6.43. The SMILES string of the molecule is COc1cc(OCCCSC)ccc1C. The van der Waals surface area contributed by atoms with Gasteiger partial charge in [-0.25, -0.2) is 0 Å². The summed E-state index contributed by atoms with van der Waals surface area (Å²) in [6, 6.07) is 5.94. The zero-order valence-electron chi connectivity index (χ0n) is 9.58. The number of ether oxygens (including phenoxy) is 2. The van der Waals surface area contributed by atoms with Crippen molar-refractivity contribution in [2.24, 2.45) is 0 Å². The number of benzene rings is 1. The van der Waals surface area contributed by atoms with E-state index in [1.807, 2.05) is 36.9 Å². The number of methoxy groups -OCH3 is 1. The fraction of sp³-hybridized carbons (Fsp3) is 0.500. The average molecular weight is 226 g/mol. The first-order chi connectivity index (χ1) is 7.27. The molecule has 15 heavy (non-hydrogen) atoms. The van der Waals surface area contributed by atoms with E-state index < -0.39 is 0 Å². The molecule has 84 valence electrons. The second kappa shape index (κ2) is 6.62. The Hall–Kier alpha value is -0.830. The van der Waals surface area contributed by atoms with E-state index in [2.05, 4.69) is 6.26 Å². The third kappa shape index (κ3) is 4.04. The summed E-state index contributed by atoms with van der Waals surface area (Å²) in [5, 5.41) is 0. The molecular formula is C12H18O2S. The Morgan fingerprint density at radius 1 is 1.33 bits per heavy atom. The molecule has 0 bridgehead atoms. The van der Waals surface area contributed by atoms with E-state index in [0.29, 0.717) is 0 Å². The van der Waals surface area contributed by atoms with Crippen LogP contribution in [0.4, 0.5) is 0 Å². The van der Waals surface area contributed by atoms with Crippen LogP contribution in [0.3, 0.4) is 0 Å². The van der Waals surface area contributed by atoms with Crippen molar-refractivity contribution in [2.75, 3.05) is 25.7 Å². The van der Waals surface area contributed by atoms with Gasteiger partial charge in [-0.1, -0.05) is 6.07 Å². The lowest BCUT2D eigenvalue weighted by atomic mass is 10.2. The van der Waals surface area contributed by atoms with E-state index in [9.17, 15) is 0 Å². The summed E-state index contributed by atoms with van der Waals surface area (Å²) in [5.41, 5.74) is 1.13. The molecule has 0 aliphatic rings. The van der Waals surface area contributed by atoms with Crippen LogP contribution >= 0.6 is 11.8 Å². The molecular weight excluding hydrogens is 208 g/mol. The normalized spacial score (nSPS) is 10.1. The van der Waals surface area contributed by atoms with E-state index in [1.165, 1.54) is 0 Å². The van der Waals surface area contributed by atoms with Crippen LogP contribution in [0.25, 0.3) is 0 Å². The third-order valence-electron chi connectivity index (χ3n) is 2.14. The lowest BCUT2D eigenvalue weighted by Crippen LogP contribution is -1.99. The highest BCUT2D eigenvalue weighted by atomic mass is 32.2. The van der Waals surface area contributed by atoms with E-state index in [1.54, 1.807) is 7.11 Å². The standard InChI is InChI=1S/C12H18O2S/c1-10-5-6-11(9-12(10)13-2)14-7-4-8-15-3/h5-6,9H,4,7-8H2,1-3H3. The van der Waals surface area contributed by atoms with Gasteiger partial charge in [-0.3, -0.25) is 0 Å². The molecule has 0 aliphatic carbocycles. The van der Waals surface area contributed by atoms with Crippen LogP contribution in [0.1, 0.15) is 12.0 Å². The van der Waals surface area contributed by atoms with Crippen LogP contribution in [0.15, 0.2) is 18.2 Å². The molecule has 1 aromatic carbocycles. The maximum atomic E-state index is 5.61. The van der Waals surface area contributed by atoms with Crippen molar-refractivity contribution in [3.8, 4) is 11.5 Å². The molecule has 0 heterocycles. The van der Waals surface area contributed by atoms with Crippen molar-refractivity contribution >= 4 is 11.8 Å². The van der Waals surface area contributed by atoms with E-state index in [0.717, 1.165) is 35.8 Å². The zero-order valence-corrected chi connectivity index (χ0v) is 10.4. The van der Waals surface area contributed by atoms with Crippen LogP contribution in [-0.2, 0) is 0 Å². The van der Waals surface area contributed by atoms with Crippen molar-refractivity contribution in [3.63, 3.8) is 0 Å². The number of aryl methyl sites for hydroxylation is 1. The topological polar surface area (TPSA) is 18.5 Å². The summed E-state index contributed by atoms with van der Waals surface area (Å²) >= 11 is 1.84. The lowest BCUT2D eigenvalue weighted by molar-refractivity contribution is 0.315. The molecule has 0 radical (unpaired) electrons. The molecule has 0 amide bonds. The monoisotopic (exact) mass is 226 g/mol. The molecule has 0 spiro atoms. The van der Waals surface area contributed by atoms with Crippen molar-refractivity contribution in [3.05, 3.63) is 23.8 Å². The minimum absolute atomic E-state index is 0.771. The minimum Gasteiger partial charge on any atom is -0.496 e. The summed E-state index contributed by atoms with van der Waals surface area (Å²) < 4.78 is 10.8. The minimum atomic E-state index is 0.771. The number of hydrogen-bond donors (Lipinski definition) is 0. The number of rotatable bonds is 6. The van der Waals surface area contributed by atoms with Gasteiger partial charge in [0.15, 0.2) is 0 Å². The van der Waals surface area contributed by atoms with Crippen molar-refractivity contribution in [1.82, 2.24) is 0 Å². The Morgan fingerprint density at radius 3 is 2.80 bits per heavy atom. The van der Waals surface area contributed by atoms with Crippen LogP contribution < -0.4 is 9.47 Å². The van der Waals surface area contributed by atoms with Crippen LogP contribution in [0, 0.1) is 6.92 Å². The third-order valence-corrected chi connectivity index (χ3v) is 2.84. The van der Waals surface area contributed by atoms with E-state index in [4.69, 9.17) is 9.47 Å². The molecule has 2 nitrogen and oxygen atoms in total. The predicted octanol–water partition coefficient (Wildman–Crippen LogP) is 3.14. The molecule has 0 saturated heterocycles. The average Bonchev–Trinajstić information content (AvgIpc) is 2.26. The second-order valence-electron chi connectivity index (χ2n) is 3.33. The molecule has 0 unspecified atom stereocenters. The van der Waals surface area contributed by atoms with Gasteiger partial charge in [0.25, 0.3) is 0 Å².